The standard InChI is InChI=1S/C20H24N2O/c1-13(2)20-21-17(15-10-8-14(3)9-11-15)12-18(22-20)16-6-4-5-7-19(16)23/h4-11,13,18,20,22-23H,12H2,1-3H3/t18-,20+/m0/s1. The second-order valence-corrected chi connectivity index (χ2v) is 6.61. The summed E-state index contributed by atoms with van der Waals surface area (Å²) in [7, 11) is 0. The smallest absolute Gasteiger partial charge is 0.120 e. The van der Waals surface area contributed by atoms with Crippen molar-refractivity contribution >= 4 is 5.71 Å². The van der Waals surface area contributed by atoms with Gasteiger partial charge in [-0.25, -0.2) is 0 Å². The zero-order valence-electron chi connectivity index (χ0n) is 14.0. The number of rotatable bonds is 3. The molecular weight excluding hydrogens is 284 g/mol. The third-order valence-corrected chi connectivity index (χ3v) is 4.39. The van der Waals surface area contributed by atoms with Crippen molar-refractivity contribution in [3.63, 3.8) is 0 Å². The maximum absolute atomic E-state index is 10.2. The van der Waals surface area contributed by atoms with Crippen molar-refractivity contribution in [2.24, 2.45) is 10.9 Å². The number of para-hydroxylation sites is 1. The van der Waals surface area contributed by atoms with Crippen LogP contribution in [0.2, 0.25) is 0 Å². The highest BCUT2D eigenvalue weighted by molar-refractivity contribution is 6.01. The van der Waals surface area contributed by atoms with Gasteiger partial charge in [-0.05, 0) is 24.5 Å². The van der Waals surface area contributed by atoms with Crippen LogP contribution in [0.4, 0.5) is 0 Å². The Morgan fingerprint density at radius 3 is 2.43 bits per heavy atom. The summed E-state index contributed by atoms with van der Waals surface area (Å²) in [5.41, 5.74) is 4.47. The number of benzene rings is 2. The summed E-state index contributed by atoms with van der Waals surface area (Å²) in [5, 5.41) is 13.8. The maximum atomic E-state index is 10.2. The van der Waals surface area contributed by atoms with Gasteiger partial charge in [0.1, 0.15) is 11.9 Å². The van der Waals surface area contributed by atoms with Crippen molar-refractivity contribution in [1.82, 2.24) is 5.32 Å². The molecule has 0 unspecified atom stereocenters. The quantitative estimate of drug-likeness (QED) is 0.892. The lowest BCUT2D eigenvalue weighted by Gasteiger charge is -2.32. The molecule has 3 rings (SSSR count). The lowest BCUT2D eigenvalue weighted by Crippen LogP contribution is -2.41. The van der Waals surface area contributed by atoms with Crippen molar-refractivity contribution < 1.29 is 5.11 Å². The SMILES string of the molecule is Cc1ccc(C2=N[C@@H](C(C)C)N[C@H](c3ccccc3O)C2)cc1. The molecule has 2 aromatic carbocycles. The van der Waals surface area contributed by atoms with Crippen LogP contribution >= 0.6 is 0 Å². The van der Waals surface area contributed by atoms with Crippen LogP contribution in [-0.4, -0.2) is 17.0 Å². The molecule has 1 aliphatic rings. The molecule has 3 heteroatoms. The molecule has 2 aromatic rings. The zero-order valence-corrected chi connectivity index (χ0v) is 14.0. The van der Waals surface area contributed by atoms with E-state index in [1.807, 2.05) is 18.2 Å². The summed E-state index contributed by atoms with van der Waals surface area (Å²) in [6.45, 7) is 6.43. The van der Waals surface area contributed by atoms with Gasteiger partial charge in [0.05, 0.1) is 0 Å². The second kappa shape index (κ2) is 6.55. The Morgan fingerprint density at radius 1 is 1.09 bits per heavy atom. The monoisotopic (exact) mass is 308 g/mol. The van der Waals surface area contributed by atoms with Crippen LogP contribution < -0.4 is 5.32 Å². The Morgan fingerprint density at radius 2 is 1.78 bits per heavy atom. The van der Waals surface area contributed by atoms with Gasteiger partial charge in [-0.3, -0.25) is 10.3 Å². The lowest BCUT2D eigenvalue weighted by atomic mass is 9.93. The molecule has 0 fully saturated rings. The molecule has 0 bridgehead atoms. The van der Waals surface area contributed by atoms with Crippen molar-refractivity contribution in [3.05, 3.63) is 65.2 Å². The van der Waals surface area contributed by atoms with Gasteiger partial charge >= 0.3 is 0 Å². The molecule has 0 saturated heterocycles. The van der Waals surface area contributed by atoms with Gasteiger partial charge in [0.25, 0.3) is 0 Å². The van der Waals surface area contributed by atoms with E-state index in [4.69, 9.17) is 4.99 Å². The first-order valence-electron chi connectivity index (χ1n) is 8.22. The van der Waals surface area contributed by atoms with Gasteiger partial charge in [-0.2, -0.15) is 0 Å². The van der Waals surface area contributed by atoms with Crippen LogP contribution in [0, 0.1) is 12.8 Å². The highest BCUT2D eigenvalue weighted by atomic mass is 16.3. The summed E-state index contributed by atoms with van der Waals surface area (Å²) in [6, 6.07) is 16.2. The normalized spacial score (nSPS) is 21.3. The fraction of sp³-hybridized carbons (Fsp3) is 0.350. The first kappa shape index (κ1) is 15.8. The van der Waals surface area contributed by atoms with Crippen LogP contribution in [0.3, 0.4) is 0 Å². The molecular formula is C20H24N2O. The summed E-state index contributed by atoms with van der Waals surface area (Å²) < 4.78 is 0. The highest BCUT2D eigenvalue weighted by Gasteiger charge is 2.27. The fourth-order valence-corrected chi connectivity index (χ4v) is 2.98. The number of aliphatic imine (C=N–C) groups is 1. The lowest BCUT2D eigenvalue weighted by molar-refractivity contribution is 0.345. The van der Waals surface area contributed by atoms with Gasteiger partial charge in [0.2, 0.25) is 0 Å². The van der Waals surface area contributed by atoms with Crippen LogP contribution in [0.15, 0.2) is 53.5 Å². The zero-order chi connectivity index (χ0) is 16.4. The van der Waals surface area contributed by atoms with Crippen molar-refractivity contribution in [3.8, 4) is 5.75 Å². The van der Waals surface area contributed by atoms with E-state index in [1.165, 1.54) is 11.1 Å². The van der Waals surface area contributed by atoms with Crippen LogP contribution in [0.1, 0.15) is 43.0 Å². The number of phenols is 1. The second-order valence-electron chi connectivity index (χ2n) is 6.61. The molecule has 1 aliphatic heterocycles. The molecule has 0 aliphatic carbocycles. The Hall–Kier alpha value is -2.13. The Labute approximate surface area is 138 Å². The number of hydrogen-bond donors (Lipinski definition) is 2. The largest absolute Gasteiger partial charge is 0.508 e. The number of aryl methyl sites for hydroxylation is 1. The molecule has 120 valence electrons. The number of phenolic OH excluding ortho intramolecular Hbond substituents is 1. The summed E-state index contributed by atoms with van der Waals surface area (Å²) in [4.78, 5) is 4.91. The van der Waals surface area contributed by atoms with E-state index in [0.29, 0.717) is 11.7 Å². The number of aromatic hydroxyl groups is 1. The van der Waals surface area contributed by atoms with Crippen molar-refractivity contribution in [1.29, 1.82) is 0 Å². The average molecular weight is 308 g/mol. The molecule has 0 aromatic heterocycles. The van der Waals surface area contributed by atoms with Gasteiger partial charge in [-0.15, -0.1) is 0 Å². The molecule has 3 nitrogen and oxygen atoms in total. The topological polar surface area (TPSA) is 44.6 Å². The first-order valence-corrected chi connectivity index (χ1v) is 8.22. The molecule has 1 heterocycles. The Balaban J connectivity index is 1.96. The minimum atomic E-state index is 0.0599. The van der Waals surface area contributed by atoms with E-state index in [-0.39, 0.29) is 12.2 Å². The fourth-order valence-electron chi connectivity index (χ4n) is 2.98. The molecule has 0 spiro atoms. The highest BCUT2D eigenvalue weighted by Crippen LogP contribution is 2.31. The molecule has 2 atom stereocenters. The number of hydrogen-bond acceptors (Lipinski definition) is 3. The third kappa shape index (κ3) is 3.45. The van der Waals surface area contributed by atoms with Gasteiger partial charge in [0, 0.05) is 23.7 Å². The van der Waals surface area contributed by atoms with E-state index < -0.39 is 0 Å². The van der Waals surface area contributed by atoms with Crippen molar-refractivity contribution in [2.75, 3.05) is 0 Å². The Kier molecular flexibility index (Phi) is 4.49. The summed E-state index contributed by atoms with van der Waals surface area (Å²) >= 11 is 0. The summed E-state index contributed by atoms with van der Waals surface area (Å²) in [6.07, 6.45) is 0.841. The number of nitrogens with one attached hydrogen (secondary N) is 1. The van der Waals surface area contributed by atoms with E-state index in [9.17, 15) is 5.11 Å². The van der Waals surface area contributed by atoms with E-state index in [1.54, 1.807) is 6.07 Å². The average Bonchev–Trinajstić information content (AvgIpc) is 2.55. The predicted octanol–water partition coefficient (Wildman–Crippen LogP) is 4.21. The summed E-state index contributed by atoms with van der Waals surface area (Å²) in [5.74, 6) is 0.738. The van der Waals surface area contributed by atoms with Crippen LogP contribution in [0.5, 0.6) is 5.75 Å². The van der Waals surface area contributed by atoms with Gasteiger partial charge in [0.15, 0.2) is 0 Å². The van der Waals surface area contributed by atoms with E-state index >= 15 is 0 Å². The Bertz CT molecular complexity index is 704. The molecule has 0 amide bonds. The van der Waals surface area contributed by atoms with E-state index in [2.05, 4.69) is 50.4 Å². The molecule has 0 saturated carbocycles. The van der Waals surface area contributed by atoms with Crippen molar-refractivity contribution in [2.45, 2.75) is 39.4 Å². The number of nitrogens with zero attached hydrogens (tertiary/aromatic N) is 1. The van der Waals surface area contributed by atoms with Crippen LogP contribution in [-0.2, 0) is 0 Å². The molecule has 23 heavy (non-hydrogen) atoms. The minimum absolute atomic E-state index is 0.0599. The maximum Gasteiger partial charge on any atom is 0.120 e. The van der Waals surface area contributed by atoms with Gasteiger partial charge in [-0.1, -0.05) is 61.9 Å². The van der Waals surface area contributed by atoms with E-state index in [0.717, 1.165) is 17.7 Å². The molecule has 2 N–H and O–H groups in total. The minimum Gasteiger partial charge on any atom is -0.508 e. The predicted molar refractivity (Wildman–Crippen MR) is 94.9 cm³/mol. The van der Waals surface area contributed by atoms with Gasteiger partial charge < -0.3 is 5.11 Å². The third-order valence-electron chi connectivity index (χ3n) is 4.39. The molecule has 0 radical (unpaired) electrons. The first-order chi connectivity index (χ1) is 11.0. The van der Waals surface area contributed by atoms with Crippen LogP contribution in [0.25, 0.3) is 0 Å².